The molecule has 0 fully saturated rings. The number of hydrogen-bond acceptors (Lipinski definition) is 6. The summed E-state index contributed by atoms with van der Waals surface area (Å²) in [5.74, 6) is 0.413. The smallest absolute Gasteiger partial charge is 0.352 e. The van der Waals surface area contributed by atoms with Crippen LogP contribution in [0.15, 0.2) is 43.8 Å². The molecule has 0 bridgehead atoms. The molecule has 10 heteroatoms. The third kappa shape index (κ3) is 2.97. The lowest BCUT2D eigenvalue weighted by atomic mass is 10.4. The summed E-state index contributed by atoms with van der Waals surface area (Å²) < 4.78 is 9.60. The van der Waals surface area contributed by atoms with Crippen molar-refractivity contribution in [2.75, 3.05) is 0 Å². The lowest BCUT2D eigenvalue weighted by molar-refractivity contribution is -0.122. The second-order valence-corrected chi connectivity index (χ2v) is 7.32. The van der Waals surface area contributed by atoms with Gasteiger partial charge in [0.25, 0.3) is 5.56 Å². The molecule has 4 aromatic heterocycles. The van der Waals surface area contributed by atoms with Crippen molar-refractivity contribution in [3.05, 3.63) is 56.4 Å². The number of fused-ring (bicyclic) bond motifs is 3. The van der Waals surface area contributed by atoms with Crippen LogP contribution in [0.3, 0.4) is 0 Å². The fourth-order valence-corrected chi connectivity index (χ4v) is 3.77. The van der Waals surface area contributed by atoms with Crippen molar-refractivity contribution in [2.45, 2.75) is 33.0 Å². The quantitative estimate of drug-likeness (QED) is 0.551. The van der Waals surface area contributed by atoms with E-state index in [-0.39, 0.29) is 36.4 Å². The van der Waals surface area contributed by atoms with E-state index < -0.39 is 5.69 Å². The number of carbonyl (C=O) groups is 1. The summed E-state index contributed by atoms with van der Waals surface area (Å²) in [5, 5.41) is 8.74. The van der Waals surface area contributed by atoms with Gasteiger partial charge in [-0.2, -0.15) is 0 Å². The van der Waals surface area contributed by atoms with Gasteiger partial charge in [0.05, 0.1) is 18.3 Å². The van der Waals surface area contributed by atoms with E-state index in [0.29, 0.717) is 16.0 Å². The molecule has 0 aliphatic heterocycles. The van der Waals surface area contributed by atoms with Crippen LogP contribution in [0.2, 0.25) is 0 Å². The molecule has 1 N–H and O–H groups in total. The molecule has 0 radical (unpaired) electrons. The van der Waals surface area contributed by atoms with Gasteiger partial charge in [0.1, 0.15) is 17.0 Å². The van der Waals surface area contributed by atoms with Gasteiger partial charge in [0, 0.05) is 6.04 Å². The summed E-state index contributed by atoms with van der Waals surface area (Å²) in [4.78, 5) is 37.9. The number of nitrogens with one attached hydrogen (secondary N) is 1. The summed E-state index contributed by atoms with van der Waals surface area (Å²) in [6, 6.07) is 5.12. The SMILES string of the molecule is CC(C)NC(=O)Cn1nc2n(Cc3ccco3)c(=O)c3sccc3n2c1=O. The Hall–Kier alpha value is -3.14. The lowest BCUT2D eigenvalue weighted by Gasteiger charge is -2.07. The molecule has 0 unspecified atom stereocenters. The predicted molar refractivity (Wildman–Crippen MR) is 100 cm³/mol. The number of thiophene rings is 1. The van der Waals surface area contributed by atoms with Gasteiger partial charge < -0.3 is 9.73 Å². The highest BCUT2D eigenvalue weighted by atomic mass is 32.1. The van der Waals surface area contributed by atoms with Gasteiger partial charge in [-0.3, -0.25) is 14.2 Å². The minimum atomic E-state index is -0.472. The van der Waals surface area contributed by atoms with Gasteiger partial charge in [-0.1, -0.05) is 0 Å². The zero-order valence-electron chi connectivity index (χ0n) is 14.7. The molecule has 0 spiro atoms. The molecule has 1 amide bonds. The average molecular weight is 387 g/mol. The number of nitrogens with zero attached hydrogens (tertiary/aromatic N) is 4. The molecule has 0 aromatic carbocycles. The molecule has 4 rings (SSSR count). The lowest BCUT2D eigenvalue weighted by Crippen LogP contribution is -2.36. The van der Waals surface area contributed by atoms with Gasteiger partial charge in [-0.15, -0.1) is 16.4 Å². The summed E-state index contributed by atoms with van der Waals surface area (Å²) in [6.07, 6.45) is 1.52. The highest BCUT2D eigenvalue weighted by Gasteiger charge is 2.20. The highest BCUT2D eigenvalue weighted by molar-refractivity contribution is 7.17. The Labute approximate surface area is 156 Å². The zero-order valence-corrected chi connectivity index (χ0v) is 15.5. The minimum absolute atomic E-state index is 0.0500. The van der Waals surface area contributed by atoms with Crippen molar-refractivity contribution < 1.29 is 9.21 Å². The maximum atomic E-state index is 12.9. The second-order valence-electron chi connectivity index (χ2n) is 6.40. The third-order valence-electron chi connectivity index (χ3n) is 4.03. The molecule has 0 saturated heterocycles. The number of furan rings is 1. The molecule has 140 valence electrons. The number of carbonyl (C=O) groups excluding carboxylic acids is 1. The molecule has 0 aliphatic carbocycles. The maximum Gasteiger partial charge on any atom is 0.352 e. The topological polar surface area (TPSA) is 104 Å². The molecule has 27 heavy (non-hydrogen) atoms. The summed E-state index contributed by atoms with van der Waals surface area (Å²) >= 11 is 1.26. The van der Waals surface area contributed by atoms with E-state index in [9.17, 15) is 14.4 Å². The van der Waals surface area contributed by atoms with Crippen molar-refractivity contribution >= 4 is 33.2 Å². The average Bonchev–Trinajstić information content (AvgIpc) is 3.32. The Bertz CT molecular complexity index is 1240. The van der Waals surface area contributed by atoms with Crippen LogP contribution >= 0.6 is 11.3 Å². The van der Waals surface area contributed by atoms with Crippen LogP contribution < -0.4 is 16.6 Å². The largest absolute Gasteiger partial charge is 0.467 e. The normalized spacial score (nSPS) is 11.7. The molecule has 4 heterocycles. The van der Waals surface area contributed by atoms with E-state index in [4.69, 9.17) is 4.42 Å². The van der Waals surface area contributed by atoms with Crippen molar-refractivity contribution in [2.24, 2.45) is 0 Å². The Morgan fingerprint density at radius 2 is 2.15 bits per heavy atom. The number of amides is 1. The molecule has 0 aliphatic rings. The first-order valence-electron chi connectivity index (χ1n) is 8.37. The van der Waals surface area contributed by atoms with E-state index in [1.54, 1.807) is 23.6 Å². The van der Waals surface area contributed by atoms with E-state index in [2.05, 4.69) is 10.4 Å². The summed E-state index contributed by atoms with van der Waals surface area (Å²) in [6.45, 7) is 3.58. The Morgan fingerprint density at radius 1 is 1.33 bits per heavy atom. The van der Waals surface area contributed by atoms with Gasteiger partial charge in [-0.25, -0.2) is 13.9 Å². The first kappa shape index (κ1) is 17.3. The van der Waals surface area contributed by atoms with Crippen LogP contribution in [-0.4, -0.2) is 30.7 Å². The zero-order chi connectivity index (χ0) is 19.1. The molecular formula is C17H17N5O4S. The maximum absolute atomic E-state index is 12.9. The summed E-state index contributed by atoms with van der Waals surface area (Å²) in [5.41, 5.74) is -0.246. The van der Waals surface area contributed by atoms with E-state index in [0.717, 1.165) is 4.68 Å². The van der Waals surface area contributed by atoms with Gasteiger partial charge in [-0.05, 0) is 37.4 Å². The first-order chi connectivity index (χ1) is 13.0. The monoisotopic (exact) mass is 387 g/mol. The van der Waals surface area contributed by atoms with Crippen molar-refractivity contribution in [3.63, 3.8) is 0 Å². The first-order valence-corrected chi connectivity index (χ1v) is 9.25. The van der Waals surface area contributed by atoms with Crippen LogP contribution in [0.5, 0.6) is 0 Å². The number of rotatable bonds is 5. The number of hydrogen-bond donors (Lipinski definition) is 1. The Kier molecular flexibility index (Phi) is 4.19. The van der Waals surface area contributed by atoms with Crippen LogP contribution in [0.4, 0.5) is 0 Å². The van der Waals surface area contributed by atoms with E-state index in [1.165, 1.54) is 26.6 Å². The van der Waals surface area contributed by atoms with E-state index in [1.807, 2.05) is 13.8 Å². The number of aromatic nitrogens is 4. The van der Waals surface area contributed by atoms with Gasteiger partial charge >= 0.3 is 5.69 Å². The molecule has 4 aromatic rings. The van der Waals surface area contributed by atoms with Crippen molar-refractivity contribution in [3.8, 4) is 0 Å². The highest BCUT2D eigenvalue weighted by Crippen LogP contribution is 2.18. The van der Waals surface area contributed by atoms with Gasteiger partial charge in [0.2, 0.25) is 11.7 Å². The van der Waals surface area contributed by atoms with Crippen LogP contribution in [0, 0.1) is 0 Å². The fraction of sp³-hybridized carbons (Fsp3) is 0.294. The van der Waals surface area contributed by atoms with Crippen molar-refractivity contribution in [1.82, 2.24) is 24.1 Å². The minimum Gasteiger partial charge on any atom is -0.467 e. The molecular weight excluding hydrogens is 370 g/mol. The third-order valence-corrected chi connectivity index (χ3v) is 4.92. The summed E-state index contributed by atoms with van der Waals surface area (Å²) in [7, 11) is 0. The van der Waals surface area contributed by atoms with E-state index >= 15 is 0 Å². The Morgan fingerprint density at radius 3 is 2.85 bits per heavy atom. The standard InChI is InChI=1S/C17H17N5O4S/c1-10(2)18-13(23)9-21-17(25)22-12-5-7-27-14(12)15(24)20(16(22)19-21)8-11-4-3-6-26-11/h3-7,10H,8-9H2,1-2H3,(H,18,23). The predicted octanol–water partition coefficient (Wildman–Crippen LogP) is 1.04. The Balaban J connectivity index is 1.92. The van der Waals surface area contributed by atoms with Crippen LogP contribution in [-0.2, 0) is 17.9 Å². The van der Waals surface area contributed by atoms with Crippen molar-refractivity contribution in [1.29, 1.82) is 0 Å². The van der Waals surface area contributed by atoms with Crippen LogP contribution in [0.1, 0.15) is 19.6 Å². The molecule has 0 saturated carbocycles. The fourth-order valence-electron chi connectivity index (χ4n) is 2.94. The van der Waals surface area contributed by atoms with Gasteiger partial charge in [0.15, 0.2) is 0 Å². The van der Waals surface area contributed by atoms with Crippen LogP contribution in [0.25, 0.3) is 16.0 Å². The molecule has 9 nitrogen and oxygen atoms in total. The second kappa shape index (κ2) is 6.54. The molecule has 0 atom stereocenters.